The lowest BCUT2D eigenvalue weighted by atomic mass is 9.98. The van der Waals surface area contributed by atoms with Crippen LogP contribution in [0.3, 0.4) is 0 Å². The minimum atomic E-state index is 0.0106. The van der Waals surface area contributed by atoms with Crippen molar-refractivity contribution in [3.05, 3.63) is 41.8 Å². The normalized spacial score (nSPS) is 12.5. The van der Waals surface area contributed by atoms with E-state index in [1.54, 1.807) is 0 Å². The first-order valence-electron chi connectivity index (χ1n) is 9.39. The van der Waals surface area contributed by atoms with Gasteiger partial charge in [0.15, 0.2) is 5.76 Å². The Kier molecular flexibility index (Phi) is 5.45. The molecule has 0 radical (unpaired) electrons. The fourth-order valence-electron chi connectivity index (χ4n) is 3.19. The van der Waals surface area contributed by atoms with Crippen LogP contribution in [0, 0.1) is 19.8 Å². The van der Waals surface area contributed by atoms with Crippen molar-refractivity contribution >= 4 is 17.4 Å². The molecule has 1 N–H and O–H groups in total. The molecule has 0 saturated heterocycles. The van der Waals surface area contributed by atoms with E-state index in [0.717, 1.165) is 42.7 Å². The number of nitrogens with one attached hydrogen (secondary N) is 1. The van der Waals surface area contributed by atoms with Gasteiger partial charge in [-0.25, -0.2) is 4.98 Å². The molecule has 0 saturated carbocycles. The summed E-state index contributed by atoms with van der Waals surface area (Å²) in [7, 11) is 0. The van der Waals surface area contributed by atoms with Crippen LogP contribution in [0.15, 0.2) is 34.9 Å². The molecule has 0 fully saturated rings. The van der Waals surface area contributed by atoms with Gasteiger partial charge in [0, 0.05) is 12.1 Å². The number of nitrogens with zero attached hydrogens (tertiary/aromatic N) is 2. The number of hydrogen-bond acceptors (Lipinski definition) is 3. The van der Waals surface area contributed by atoms with Gasteiger partial charge >= 0.3 is 0 Å². The number of hydrogen-bond donors (Lipinski definition) is 1. The van der Waals surface area contributed by atoms with Crippen molar-refractivity contribution in [1.82, 2.24) is 9.38 Å². The third-order valence-corrected chi connectivity index (χ3v) is 4.75. The highest BCUT2D eigenvalue weighted by Crippen LogP contribution is 2.31. The minimum absolute atomic E-state index is 0.0106. The number of imidazole rings is 1. The quantitative estimate of drug-likeness (QED) is 0.621. The molecule has 138 valence electrons. The molecule has 0 spiro atoms. The van der Waals surface area contributed by atoms with Crippen LogP contribution in [0.1, 0.15) is 50.9 Å². The summed E-state index contributed by atoms with van der Waals surface area (Å²) in [6.45, 7) is 8.14. The second-order valence-corrected chi connectivity index (χ2v) is 6.89. The number of carbonyl (C=O) groups excluding carboxylic acids is 1. The zero-order valence-electron chi connectivity index (χ0n) is 16.0. The van der Waals surface area contributed by atoms with Crippen molar-refractivity contribution < 1.29 is 9.21 Å². The van der Waals surface area contributed by atoms with Crippen LogP contribution in [-0.2, 0) is 4.79 Å². The maximum absolute atomic E-state index is 12.9. The molecule has 3 heterocycles. The van der Waals surface area contributed by atoms with Crippen LogP contribution in [-0.4, -0.2) is 15.3 Å². The van der Waals surface area contributed by atoms with E-state index in [4.69, 9.17) is 9.40 Å². The van der Waals surface area contributed by atoms with Crippen molar-refractivity contribution in [1.29, 1.82) is 0 Å². The molecule has 1 atom stereocenters. The summed E-state index contributed by atoms with van der Waals surface area (Å²) >= 11 is 0. The summed E-state index contributed by atoms with van der Waals surface area (Å²) in [6, 6.07) is 7.78. The molecule has 0 aliphatic carbocycles. The first-order chi connectivity index (χ1) is 12.5. The topological polar surface area (TPSA) is 59.5 Å². The zero-order chi connectivity index (χ0) is 18.7. The van der Waals surface area contributed by atoms with Crippen molar-refractivity contribution in [2.75, 3.05) is 5.32 Å². The zero-order valence-corrected chi connectivity index (χ0v) is 16.0. The van der Waals surface area contributed by atoms with Crippen LogP contribution >= 0.6 is 0 Å². The van der Waals surface area contributed by atoms with E-state index in [-0.39, 0.29) is 11.8 Å². The van der Waals surface area contributed by atoms with Crippen LogP contribution in [0.5, 0.6) is 0 Å². The average Bonchev–Trinajstić information content (AvgIpc) is 3.19. The highest BCUT2D eigenvalue weighted by Gasteiger charge is 2.22. The highest BCUT2D eigenvalue weighted by molar-refractivity contribution is 5.95. The molecule has 0 aliphatic heterocycles. The van der Waals surface area contributed by atoms with Gasteiger partial charge in [-0.05, 0) is 50.5 Å². The third kappa shape index (κ3) is 3.66. The van der Waals surface area contributed by atoms with Gasteiger partial charge < -0.3 is 9.73 Å². The van der Waals surface area contributed by atoms with Gasteiger partial charge in [0.1, 0.15) is 22.9 Å². The minimum Gasteiger partial charge on any atom is -0.460 e. The number of unbranched alkanes of at least 4 members (excludes halogenated alkanes) is 1. The van der Waals surface area contributed by atoms with E-state index in [0.29, 0.717) is 17.3 Å². The standard InChI is InChI=1S/C21H27N3O2/c1-5-7-8-16(6-2)21(25)23-20-19(17-11-10-15(4)26-17)22-18-12-9-14(3)13-24(18)20/h9-13,16H,5-8H2,1-4H3,(H,23,25)/t16-/m0/s1. The Bertz CT molecular complexity index is 907. The maximum atomic E-state index is 12.9. The Balaban J connectivity index is 2.02. The average molecular weight is 353 g/mol. The van der Waals surface area contributed by atoms with Crippen molar-refractivity contribution in [3.8, 4) is 11.5 Å². The Morgan fingerprint density at radius 1 is 1.23 bits per heavy atom. The number of aromatic nitrogens is 2. The number of anilines is 1. The number of aryl methyl sites for hydroxylation is 2. The Hall–Kier alpha value is -2.56. The van der Waals surface area contributed by atoms with Gasteiger partial charge in [-0.15, -0.1) is 0 Å². The number of amides is 1. The number of pyridine rings is 1. The molecule has 3 aromatic heterocycles. The Labute approximate surface area is 154 Å². The maximum Gasteiger partial charge on any atom is 0.228 e. The molecule has 0 aliphatic rings. The monoisotopic (exact) mass is 353 g/mol. The lowest BCUT2D eigenvalue weighted by Gasteiger charge is -2.15. The summed E-state index contributed by atoms with van der Waals surface area (Å²) in [6.07, 6.45) is 5.88. The Morgan fingerprint density at radius 3 is 2.69 bits per heavy atom. The largest absolute Gasteiger partial charge is 0.460 e. The molecule has 3 aromatic rings. The van der Waals surface area contributed by atoms with E-state index in [1.807, 2.05) is 48.7 Å². The fraction of sp³-hybridized carbons (Fsp3) is 0.429. The van der Waals surface area contributed by atoms with Crippen LogP contribution in [0.25, 0.3) is 17.1 Å². The second kappa shape index (κ2) is 7.77. The highest BCUT2D eigenvalue weighted by atomic mass is 16.3. The molecule has 0 bridgehead atoms. The van der Waals surface area contributed by atoms with Crippen LogP contribution in [0.4, 0.5) is 5.82 Å². The fourth-order valence-corrected chi connectivity index (χ4v) is 3.19. The van der Waals surface area contributed by atoms with Gasteiger partial charge in [-0.1, -0.05) is 32.8 Å². The van der Waals surface area contributed by atoms with Crippen molar-refractivity contribution in [2.24, 2.45) is 5.92 Å². The predicted octanol–water partition coefficient (Wildman–Crippen LogP) is 5.37. The van der Waals surface area contributed by atoms with Crippen LogP contribution in [0.2, 0.25) is 0 Å². The van der Waals surface area contributed by atoms with E-state index in [2.05, 4.69) is 19.2 Å². The second-order valence-electron chi connectivity index (χ2n) is 6.89. The van der Waals surface area contributed by atoms with Crippen molar-refractivity contribution in [3.63, 3.8) is 0 Å². The van der Waals surface area contributed by atoms with Gasteiger partial charge in [-0.2, -0.15) is 0 Å². The lowest BCUT2D eigenvalue weighted by molar-refractivity contribution is -0.120. The molecule has 1 amide bonds. The smallest absolute Gasteiger partial charge is 0.228 e. The number of carbonyl (C=O) groups is 1. The summed E-state index contributed by atoms with van der Waals surface area (Å²) < 4.78 is 7.71. The summed E-state index contributed by atoms with van der Waals surface area (Å²) in [5.41, 5.74) is 2.56. The van der Waals surface area contributed by atoms with Gasteiger partial charge in [0.05, 0.1) is 0 Å². The summed E-state index contributed by atoms with van der Waals surface area (Å²) in [4.78, 5) is 17.6. The van der Waals surface area contributed by atoms with Crippen LogP contribution < -0.4 is 5.32 Å². The van der Waals surface area contributed by atoms with E-state index in [1.165, 1.54) is 0 Å². The molecule has 3 rings (SSSR count). The van der Waals surface area contributed by atoms with E-state index >= 15 is 0 Å². The molecule has 5 heteroatoms. The first-order valence-corrected chi connectivity index (χ1v) is 9.39. The molecular weight excluding hydrogens is 326 g/mol. The lowest BCUT2D eigenvalue weighted by Crippen LogP contribution is -2.23. The number of fused-ring (bicyclic) bond motifs is 1. The first kappa shape index (κ1) is 18.2. The number of furan rings is 1. The van der Waals surface area contributed by atoms with Gasteiger partial charge in [0.25, 0.3) is 0 Å². The van der Waals surface area contributed by atoms with Gasteiger partial charge in [0.2, 0.25) is 5.91 Å². The van der Waals surface area contributed by atoms with Crippen molar-refractivity contribution in [2.45, 2.75) is 53.4 Å². The predicted molar refractivity (Wildman–Crippen MR) is 104 cm³/mol. The summed E-state index contributed by atoms with van der Waals surface area (Å²) in [5, 5.41) is 3.13. The molecule has 5 nitrogen and oxygen atoms in total. The van der Waals surface area contributed by atoms with E-state index < -0.39 is 0 Å². The third-order valence-electron chi connectivity index (χ3n) is 4.75. The number of rotatable bonds is 7. The Morgan fingerprint density at radius 2 is 2.04 bits per heavy atom. The molecule has 0 aromatic carbocycles. The summed E-state index contributed by atoms with van der Waals surface area (Å²) in [5.74, 6) is 2.23. The van der Waals surface area contributed by atoms with Gasteiger partial charge in [-0.3, -0.25) is 9.20 Å². The van der Waals surface area contributed by atoms with E-state index in [9.17, 15) is 4.79 Å². The SMILES string of the molecule is CCCC[C@H](CC)C(=O)Nc1c(-c2ccc(C)o2)nc2ccc(C)cn12. The molecular formula is C21H27N3O2. The molecule has 0 unspecified atom stereocenters. The molecule has 26 heavy (non-hydrogen) atoms.